The van der Waals surface area contributed by atoms with Gasteiger partial charge in [-0.3, -0.25) is 19.0 Å². The van der Waals surface area contributed by atoms with Gasteiger partial charge in [-0.1, -0.05) is 5.16 Å². The van der Waals surface area contributed by atoms with Crippen molar-refractivity contribution in [1.29, 1.82) is 0 Å². The summed E-state index contributed by atoms with van der Waals surface area (Å²) < 4.78 is 6.25. The maximum absolute atomic E-state index is 12.9. The molecule has 9 nitrogen and oxygen atoms in total. The molecule has 1 aliphatic heterocycles. The number of anilines is 1. The second-order valence-corrected chi connectivity index (χ2v) is 7.78. The third-order valence-corrected chi connectivity index (χ3v) is 5.96. The van der Waals surface area contributed by atoms with Crippen molar-refractivity contribution in [2.45, 2.75) is 33.2 Å². The molecule has 2 amide bonds. The number of carbonyl (C=O) groups excluding carboxylic acids is 2. The Balaban J connectivity index is 1.63. The van der Waals surface area contributed by atoms with Gasteiger partial charge in [0.25, 0.3) is 11.5 Å². The maximum Gasteiger partial charge on any atom is 0.267 e. The molecule has 1 saturated heterocycles. The average molecular weight is 401 g/mol. The van der Waals surface area contributed by atoms with E-state index in [1.807, 2.05) is 0 Å². The molecule has 0 bridgehead atoms. The lowest BCUT2D eigenvalue weighted by Gasteiger charge is -2.15. The second-order valence-electron chi connectivity index (χ2n) is 6.78. The summed E-state index contributed by atoms with van der Waals surface area (Å²) in [6, 6.07) is 1.61. The molecule has 0 spiro atoms. The smallest absolute Gasteiger partial charge is 0.267 e. The van der Waals surface area contributed by atoms with Crippen molar-refractivity contribution >= 4 is 39.2 Å². The monoisotopic (exact) mass is 401 g/mol. The van der Waals surface area contributed by atoms with Gasteiger partial charge in [-0.25, -0.2) is 4.98 Å². The van der Waals surface area contributed by atoms with E-state index in [2.05, 4.69) is 15.5 Å². The lowest BCUT2D eigenvalue weighted by molar-refractivity contribution is -0.130. The molecule has 1 aliphatic rings. The first-order valence-electron chi connectivity index (χ1n) is 8.95. The Hall–Kier alpha value is -3.01. The molecule has 1 N–H and O–H groups in total. The minimum atomic E-state index is -0.382. The van der Waals surface area contributed by atoms with E-state index in [0.29, 0.717) is 32.2 Å². The van der Waals surface area contributed by atoms with E-state index in [0.717, 1.165) is 37.3 Å². The van der Waals surface area contributed by atoms with Crippen LogP contribution < -0.4 is 10.9 Å². The molecule has 0 atom stereocenters. The highest BCUT2D eigenvalue weighted by Crippen LogP contribution is 2.27. The normalized spacial score (nSPS) is 14.0. The lowest BCUT2D eigenvalue weighted by atomic mass is 10.2. The van der Waals surface area contributed by atoms with Gasteiger partial charge in [0, 0.05) is 19.2 Å². The summed E-state index contributed by atoms with van der Waals surface area (Å²) >= 11 is 1.13. The van der Waals surface area contributed by atoms with Crippen LogP contribution in [0.25, 0.3) is 10.2 Å². The number of aryl methyl sites for hydroxylation is 2. The SMILES string of the molecule is Cc1cc(NC(=O)c2sc3ncn(CC(=O)N4CCCC4)c(=O)c3c2C)no1. The lowest BCUT2D eigenvalue weighted by Crippen LogP contribution is -2.34. The molecule has 3 aromatic rings. The van der Waals surface area contributed by atoms with Gasteiger partial charge >= 0.3 is 0 Å². The van der Waals surface area contributed by atoms with E-state index in [-0.39, 0.29) is 23.9 Å². The average Bonchev–Trinajstić information content (AvgIpc) is 3.38. The van der Waals surface area contributed by atoms with Gasteiger partial charge in [-0.15, -0.1) is 11.3 Å². The Morgan fingerprint density at radius 2 is 2.04 bits per heavy atom. The van der Waals surface area contributed by atoms with Gasteiger partial charge in [0.05, 0.1) is 16.6 Å². The number of carbonyl (C=O) groups is 2. The van der Waals surface area contributed by atoms with Crippen molar-refractivity contribution in [2.75, 3.05) is 18.4 Å². The Morgan fingerprint density at radius 3 is 2.71 bits per heavy atom. The van der Waals surface area contributed by atoms with Crippen LogP contribution in [0.5, 0.6) is 0 Å². The molecule has 4 heterocycles. The summed E-state index contributed by atoms with van der Waals surface area (Å²) in [6.07, 6.45) is 3.35. The fourth-order valence-electron chi connectivity index (χ4n) is 3.30. The summed E-state index contributed by atoms with van der Waals surface area (Å²) in [4.78, 5) is 44.7. The fourth-order valence-corrected chi connectivity index (χ4v) is 4.33. The van der Waals surface area contributed by atoms with Crippen molar-refractivity contribution in [1.82, 2.24) is 19.6 Å². The number of hydrogen-bond acceptors (Lipinski definition) is 7. The number of nitrogens with zero attached hydrogens (tertiary/aromatic N) is 4. The number of amides is 2. The molecule has 0 radical (unpaired) electrons. The third-order valence-electron chi connectivity index (χ3n) is 4.76. The van der Waals surface area contributed by atoms with Crippen LogP contribution in [0.1, 0.15) is 33.8 Å². The number of thiophene rings is 1. The quantitative estimate of drug-likeness (QED) is 0.715. The third kappa shape index (κ3) is 3.31. The van der Waals surface area contributed by atoms with Crippen LogP contribution >= 0.6 is 11.3 Å². The summed E-state index contributed by atoms with van der Waals surface area (Å²) in [5, 5.41) is 6.76. The molecule has 3 aromatic heterocycles. The molecule has 0 aromatic carbocycles. The van der Waals surface area contributed by atoms with Gasteiger partial charge in [0.1, 0.15) is 17.1 Å². The molecular formula is C18H19N5O4S. The molecule has 28 heavy (non-hydrogen) atoms. The Morgan fingerprint density at radius 1 is 1.29 bits per heavy atom. The Bertz CT molecular complexity index is 1120. The molecular weight excluding hydrogens is 382 g/mol. The van der Waals surface area contributed by atoms with Crippen molar-refractivity contribution in [3.63, 3.8) is 0 Å². The van der Waals surface area contributed by atoms with Crippen LogP contribution in [-0.2, 0) is 11.3 Å². The summed E-state index contributed by atoms with van der Waals surface area (Å²) in [6.45, 7) is 4.84. The van der Waals surface area contributed by atoms with Crippen LogP contribution in [0.4, 0.5) is 5.82 Å². The molecule has 4 rings (SSSR count). The van der Waals surface area contributed by atoms with Crippen LogP contribution in [-0.4, -0.2) is 44.5 Å². The van der Waals surface area contributed by atoms with Crippen LogP contribution in [0.2, 0.25) is 0 Å². The first-order valence-corrected chi connectivity index (χ1v) is 9.76. The molecule has 0 unspecified atom stereocenters. The van der Waals surface area contributed by atoms with E-state index in [9.17, 15) is 14.4 Å². The summed E-state index contributed by atoms with van der Waals surface area (Å²) in [5.41, 5.74) is 0.223. The van der Waals surface area contributed by atoms with E-state index in [1.54, 1.807) is 24.8 Å². The number of fused-ring (bicyclic) bond motifs is 1. The zero-order valence-electron chi connectivity index (χ0n) is 15.5. The highest BCUT2D eigenvalue weighted by molar-refractivity contribution is 7.20. The zero-order chi connectivity index (χ0) is 19.8. The van der Waals surface area contributed by atoms with Gasteiger partial charge in [0.15, 0.2) is 5.82 Å². The summed E-state index contributed by atoms with van der Waals surface area (Å²) in [5.74, 6) is 0.414. The van der Waals surface area contributed by atoms with Crippen LogP contribution in [0.3, 0.4) is 0 Å². The minimum Gasteiger partial charge on any atom is -0.360 e. The molecule has 1 fully saturated rings. The predicted molar refractivity (Wildman–Crippen MR) is 104 cm³/mol. The highest BCUT2D eigenvalue weighted by Gasteiger charge is 2.22. The number of hydrogen-bond donors (Lipinski definition) is 1. The minimum absolute atomic E-state index is 0.0448. The van der Waals surface area contributed by atoms with Gasteiger partial charge in [-0.2, -0.15) is 0 Å². The van der Waals surface area contributed by atoms with Crippen molar-refractivity contribution < 1.29 is 14.1 Å². The van der Waals surface area contributed by atoms with Crippen LogP contribution in [0, 0.1) is 13.8 Å². The topological polar surface area (TPSA) is 110 Å². The molecule has 0 saturated carbocycles. The van der Waals surface area contributed by atoms with E-state index in [1.165, 1.54) is 10.9 Å². The Labute approximate surface area is 163 Å². The molecule has 10 heteroatoms. The number of rotatable bonds is 4. The fraction of sp³-hybridized carbons (Fsp3) is 0.389. The standard InChI is InChI=1S/C18H19N5O4S/c1-10-7-12(21-27-10)20-16(25)15-11(2)14-17(28-15)19-9-23(18(14)26)8-13(24)22-5-3-4-6-22/h7,9H,3-6,8H2,1-2H3,(H,20,21,25). The molecule has 0 aliphatic carbocycles. The number of aromatic nitrogens is 3. The maximum atomic E-state index is 12.9. The van der Waals surface area contributed by atoms with E-state index in [4.69, 9.17) is 4.52 Å². The predicted octanol–water partition coefficient (Wildman–Crippen LogP) is 1.94. The number of nitrogens with one attached hydrogen (secondary N) is 1. The Kier molecular flexibility index (Phi) is 4.71. The molecule has 146 valence electrons. The van der Waals surface area contributed by atoms with Crippen molar-refractivity contribution in [2.24, 2.45) is 0 Å². The largest absolute Gasteiger partial charge is 0.360 e. The second kappa shape index (κ2) is 7.19. The van der Waals surface area contributed by atoms with Gasteiger partial charge < -0.3 is 14.7 Å². The van der Waals surface area contributed by atoms with Crippen LogP contribution in [0.15, 0.2) is 21.7 Å². The first-order chi connectivity index (χ1) is 13.4. The highest BCUT2D eigenvalue weighted by atomic mass is 32.1. The van der Waals surface area contributed by atoms with Crippen molar-refractivity contribution in [3.8, 4) is 0 Å². The first kappa shape index (κ1) is 18.4. The number of likely N-dealkylation sites (tertiary alicyclic amines) is 1. The van der Waals surface area contributed by atoms with E-state index >= 15 is 0 Å². The van der Waals surface area contributed by atoms with Gasteiger partial charge in [-0.05, 0) is 32.3 Å². The van der Waals surface area contributed by atoms with E-state index < -0.39 is 0 Å². The van der Waals surface area contributed by atoms with Crippen molar-refractivity contribution in [3.05, 3.63) is 38.9 Å². The summed E-state index contributed by atoms with van der Waals surface area (Å²) in [7, 11) is 0. The zero-order valence-corrected chi connectivity index (χ0v) is 16.3. The van der Waals surface area contributed by atoms with Gasteiger partial charge in [0.2, 0.25) is 5.91 Å².